The van der Waals surface area contributed by atoms with Gasteiger partial charge in [0, 0.05) is 0 Å². The third-order valence-corrected chi connectivity index (χ3v) is 1.19. The summed E-state index contributed by atoms with van der Waals surface area (Å²) in [7, 11) is -0.0854. The lowest BCUT2D eigenvalue weighted by Gasteiger charge is -1.72. The first-order valence-electron chi connectivity index (χ1n) is 2.26. The predicted octanol–water partition coefficient (Wildman–Crippen LogP) is 2.65. The summed E-state index contributed by atoms with van der Waals surface area (Å²) in [6.07, 6.45) is 3.16. The highest BCUT2D eigenvalue weighted by Gasteiger charge is 1.84. The first-order chi connectivity index (χ1) is 2.91. The van der Waals surface area contributed by atoms with Gasteiger partial charge in [0.2, 0.25) is 0 Å². The van der Waals surface area contributed by atoms with Gasteiger partial charge in [-0.15, -0.1) is 24.8 Å². The SMILES string of the molecule is CCCC[PH+]=O.Cl.Cl. The van der Waals surface area contributed by atoms with Crippen LogP contribution in [0.4, 0.5) is 0 Å². The van der Waals surface area contributed by atoms with E-state index in [1.807, 2.05) is 0 Å². The van der Waals surface area contributed by atoms with Crippen LogP contribution in [-0.4, -0.2) is 6.16 Å². The fourth-order valence-electron chi connectivity index (χ4n) is 0.249. The Morgan fingerprint density at radius 3 is 2.00 bits per heavy atom. The van der Waals surface area contributed by atoms with Gasteiger partial charge in [-0.25, -0.2) is 0 Å². The van der Waals surface area contributed by atoms with E-state index in [1.165, 1.54) is 0 Å². The van der Waals surface area contributed by atoms with Crippen molar-refractivity contribution < 1.29 is 4.57 Å². The third-order valence-electron chi connectivity index (χ3n) is 0.632. The number of rotatable bonds is 3. The lowest BCUT2D eigenvalue weighted by molar-refractivity contribution is 0.597. The monoisotopic (exact) mass is 177 g/mol. The van der Waals surface area contributed by atoms with Crippen molar-refractivity contribution in [3.05, 3.63) is 0 Å². The maximum Gasteiger partial charge on any atom is 0.324 e. The van der Waals surface area contributed by atoms with Gasteiger partial charge >= 0.3 is 8.46 Å². The predicted molar refractivity (Wildman–Crippen MR) is 43.3 cm³/mol. The standard InChI is InChI=1S/C4H9OP.2ClH/c1-2-3-4-6-5;;/h2-4H2,1H3;2*1H/p+1. The summed E-state index contributed by atoms with van der Waals surface area (Å²) in [6.45, 7) is 2.10. The van der Waals surface area contributed by atoms with Crippen molar-refractivity contribution in [1.82, 2.24) is 0 Å². The zero-order valence-corrected chi connectivity index (χ0v) is 7.48. The maximum absolute atomic E-state index is 9.72. The molecule has 8 heavy (non-hydrogen) atoms. The lowest BCUT2D eigenvalue weighted by Crippen LogP contribution is -1.66. The van der Waals surface area contributed by atoms with Gasteiger partial charge in [0.1, 0.15) is 6.16 Å². The molecule has 0 bridgehead atoms. The third kappa shape index (κ3) is 15.9. The lowest BCUT2D eigenvalue weighted by atomic mass is 10.4. The van der Waals surface area contributed by atoms with Crippen LogP contribution in [0.1, 0.15) is 19.8 Å². The highest BCUT2D eigenvalue weighted by atomic mass is 35.5. The van der Waals surface area contributed by atoms with E-state index in [0.717, 1.165) is 19.0 Å². The normalized spacial score (nSPS) is 7.12. The fraction of sp³-hybridized carbons (Fsp3) is 1.00. The smallest absolute Gasteiger partial charge is 0.147 e. The molecule has 0 aliphatic rings. The second-order valence-electron chi connectivity index (χ2n) is 1.25. The van der Waals surface area contributed by atoms with Gasteiger partial charge < -0.3 is 0 Å². The molecule has 0 aromatic carbocycles. The Morgan fingerprint density at radius 2 is 1.88 bits per heavy atom. The molecule has 0 aromatic heterocycles. The molecule has 0 aromatic rings. The Kier molecular flexibility index (Phi) is 31.0. The molecule has 1 atom stereocenters. The van der Waals surface area contributed by atoms with Crippen LogP contribution in [0.2, 0.25) is 0 Å². The van der Waals surface area contributed by atoms with Crippen molar-refractivity contribution in [1.29, 1.82) is 0 Å². The topological polar surface area (TPSA) is 17.1 Å². The molecule has 1 nitrogen and oxygen atoms in total. The van der Waals surface area contributed by atoms with Gasteiger partial charge in [-0.3, -0.25) is 0 Å². The summed E-state index contributed by atoms with van der Waals surface area (Å²) in [5.41, 5.74) is 0. The quantitative estimate of drug-likeness (QED) is 0.479. The molecule has 4 heteroatoms. The first-order valence-corrected chi connectivity index (χ1v) is 3.38. The largest absolute Gasteiger partial charge is 0.324 e. The van der Waals surface area contributed by atoms with Crippen LogP contribution in [0, 0.1) is 0 Å². The average molecular weight is 178 g/mol. The molecule has 0 spiro atoms. The van der Waals surface area contributed by atoms with Crippen LogP contribution in [0.15, 0.2) is 0 Å². The Bertz CT molecular complexity index is 43.0. The Hall–Kier alpha value is 0.680. The van der Waals surface area contributed by atoms with Gasteiger partial charge in [-0.1, -0.05) is 17.9 Å². The molecule has 0 aliphatic heterocycles. The zero-order valence-electron chi connectivity index (χ0n) is 4.85. The van der Waals surface area contributed by atoms with Crippen molar-refractivity contribution in [2.24, 2.45) is 0 Å². The van der Waals surface area contributed by atoms with E-state index >= 15 is 0 Å². The van der Waals surface area contributed by atoms with Crippen LogP contribution < -0.4 is 0 Å². The Balaban J connectivity index is -0.000000125. The Morgan fingerprint density at radius 1 is 1.38 bits per heavy atom. The van der Waals surface area contributed by atoms with E-state index in [2.05, 4.69) is 6.92 Å². The van der Waals surface area contributed by atoms with E-state index in [-0.39, 0.29) is 33.3 Å². The van der Waals surface area contributed by atoms with Crippen molar-refractivity contribution in [2.45, 2.75) is 19.8 Å². The molecule has 1 unspecified atom stereocenters. The van der Waals surface area contributed by atoms with E-state index < -0.39 is 0 Å². The molecule has 0 rings (SSSR count). The summed E-state index contributed by atoms with van der Waals surface area (Å²) in [5.74, 6) is 0. The minimum Gasteiger partial charge on any atom is -0.147 e. The van der Waals surface area contributed by atoms with Gasteiger partial charge in [-0.2, -0.15) is 0 Å². The highest BCUT2D eigenvalue weighted by Crippen LogP contribution is 1.96. The van der Waals surface area contributed by atoms with E-state index in [0.29, 0.717) is 0 Å². The molecule has 0 amide bonds. The van der Waals surface area contributed by atoms with E-state index in [4.69, 9.17) is 0 Å². The summed E-state index contributed by atoms with van der Waals surface area (Å²) in [4.78, 5) is 0. The molecular weight excluding hydrogens is 166 g/mol. The molecule has 0 saturated heterocycles. The minimum absolute atomic E-state index is 0. The van der Waals surface area contributed by atoms with Crippen molar-refractivity contribution in [3.8, 4) is 0 Å². The molecule has 0 heterocycles. The molecule has 52 valence electrons. The van der Waals surface area contributed by atoms with Crippen LogP contribution in [-0.2, 0) is 4.57 Å². The van der Waals surface area contributed by atoms with Crippen LogP contribution in [0.25, 0.3) is 0 Å². The minimum atomic E-state index is -0.0854. The van der Waals surface area contributed by atoms with Crippen molar-refractivity contribution >= 4 is 33.3 Å². The Labute approximate surface area is 64.3 Å². The second kappa shape index (κ2) is 15.6. The number of unbranched alkanes of at least 4 members (excludes halogenated alkanes) is 1. The zero-order chi connectivity index (χ0) is 4.83. The molecular formula is C4H12Cl2OP+. The van der Waals surface area contributed by atoms with E-state index in [9.17, 15) is 4.57 Å². The average Bonchev–Trinajstić information content (AvgIpc) is 1.61. The van der Waals surface area contributed by atoms with E-state index in [1.54, 1.807) is 0 Å². The van der Waals surface area contributed by atoms with Gasteiger partial charge in [-0.05, 0) is 6.42 Å². The number of hydrogen-bond acceptors (Lipinski definition) is 1. The second-order valence-corrected chi connectivity index (χ2v) is 2.04. The number of hydrogen-bond donors (Lipinski definition) is 0. The van der Waals surface area contributed by atoms with Crippen LogP contribution in [0.3, 0.4) is 0 Å². The molecule has 0 fully saturated rings. The molecule has 0 radical (unpaired) electrons. The van der Waals surface area contributed by atoms with Crippen LogP contribution >= 0.6 is 33.3 Å². The van der Waals surface area contributed by atoms with Gasteiger partial charge in [0.25, 0.3) is 0 Å². The fourth-order valence-corrected chi connectivity index (χ4v) is 0.747. The molecule has 0 saturated carbocycles. The maximum atomic E-state index is 9.72. The van der Waals surface area contributed by atoms with Crippen LogP contribution in [0.5, 0.6) is 0 Å². The summed E-state index contributed by atoms with van der Waals surface area (Å²) < 4.78 is 9.72. The molecule has 0 aliphatic carbocycles. The molecule has 0 N–H and O–H groups in total. The summed E-state index contributed by atoms with van der Waals surface area (Å²) >= 11 is 0. The summed E-state index contributed by atoms with van der Waals surface area (Å²) in [5, 5.41) is 0. The van der Waals surface area contributed by atoms with Crippen molar-refractivity contribution in [3.63, 3.8) is 0 Å². The summed E-state index contributed by atoms with van der Waals surface area (Å²) in [6, 6.07) is 0. The van der Waals surface area contributed by atoms with Gasteiger partial charge in [0.15, 0.2) is 0 Å². The van der Waals surface area contributed by atoms with Crippen molar-refractivity contribution in [2.75, 3.05) is 6.16 Å². The highest BCUT2D eigenvalue weighted by molar-refractivity contribution is 7.23. The van der Waals surface area contributed by atoms with Gasteiger partial charge in [0.05, 0.1) is 0 Å². The first kappa shape index (κ1) is 15.9. The number of halogens is 2.